The van der Waals surface area contributed by atoms with E-state index in [0.717, 1.165) is 12.5 Å². The second-order valence-electron chi connectivity index (χ2n) is 2.33. The highest BCUT2D eigenvalue weighted by atomic mass is 32.2. The van der Waals surface area contributed by atoms with Gasteiger partial charge in [0.2, 0.25) is 0 Å². The molecule has 0 aromatic rings. The third kappa shape index (κ3) is 4.98. The van der Waals surface area contributed by atoms with E-state index in [0.29, 0.717) is 4.31 Å². The molecular weight excluding hydrogens is 218 g/mol. The zero-order valence-corrected chi connectivity index (χ0v) is 8.68. The molecular formula is C5H11NO5S2. The SMILES string of the molecule is C=CS(=O)(=O)CCN(C)S(=O)(=O)O. The molecule has 0 aliphatic heterocycles. The van der Waals surface area contributed by atoms with Gasteiger partial charge in [0.25, 0.3) is 0 Å². The average molecular weight is 229 g/mol. The second kappa shape index (κ2) is 4.18. The highest BCUT2D eigenvalue weighted by Gasteiger charge is 2.15. The van der Waals surface area contributed by atoms with Gasteiger partial charge in [0.1, 0.15) is 0 Å². The molecule has 0 rings (SSSR count). The van der Waals surface area contributed by atoms with E-state index in [1.165, 1.54) is 0 Å². The van der Waals surface area contributed by atoms with Crippen LogP contribution in [-0.2, 0) is 20.1 Å². The fraction of sp³-hybridized carbons (Fsp3) is 0.600. The molecule has 0 bridgehead atoms. The Bertz CT molecular complexity index is 368. The van der Waals surface area contributed by atoms with Gasteiger partial charge in [-0.3, -0.25) is 4.55 Å². The first-order valence-electron chi connectivity index (χ1n) is 3.23. The van der Waals surface area contributed by atoms with Gasteiger partial charge in [0, 0.05) is 19.0 Å². The summed E-state index contributed by atoms with van der Waals surface area (Å²) < 4.78 is 51.4. The van der Waals surface area contributed by atoms with E-state index < -0.39 is 25.9 Å². The van der Waals surface area contributed by atoms with E-state index in [2.05, 4.69) is 6.58 Å². The lowest BCUT2D eigenvalue weighted by molar-refractivity contribution is 0.396. The van der Waals surface area contributed by atoms with E-state index >= 15 is 0 Å². The third-order valence-electron chi connectivity index (χ3n) is 1.34. The van der Waals surface area contributed by atoms with Crippen molar-refractivity contribution in [3.8, 4) is 0 Å². The van der Waals surface area contributed by atoms with Gasteiger partial charge in [0.15, 0.2) is 9.84 Å². The molecule has 1 N–H and O–H groups in total. The molecule has 0 saturated carbocycles. The van der Waals surface area contributed by atoms with Gasteiger partial charge < -0.3 is 0 Å². The van der Waals surface area contributed by atoms with E-state index in [1.807, 2.05) is 0 Å². The minimum atomic E-state index is -4.30. The van der Waals surface area contributed by atoms with Gasteiger partial charge in [-0.1, -0.05) is 6.58 Å². The standard InChI is InChI=1S/C5H11NO5S2/c1-3-12(7,8)5-4-6(2)13(9,10)11/h3H,1,4-5H2,2H3,(H,9,10,11). The average Bonchev–Trinajstić information content (AvgIpc) is 1.98. The van der Waals surface area contributed by atoms with Crippen molar-refractivity contribution >= 4 is 20.1 Å². The van der Waals surface area contributed by atoms with Crippen LogP contribution in [0.3, 0.4) is 0 Å². The van der Waals surface area contributed by atoms with Crippen molar-refractivity contribution in [3.63, 3.8) is 0 Å². The molecule has 0 aromatic heterocycles. The largest absolute Gasteiger partial charge is 0.335 e. The zero-order valence-electron chi connectivity index (χ0n) is 7.04. The maximum atomic E-state index is 10.8. The van der Waals surface area contributed by atoms with Crippen molar-refractivity contribution in [2.24, 2.45) is 0 Å². The Morgan fingerprint density at radius 1 is 1.38 bits per heavy atom. The predicted molar refractivity (Wildman–Crippen MR) is 48.2 cm³/mol. The van der Waals surface area contributed by atoms with Gasteiger partial charge >= 0.3 is 10.3 Å². The van der Waals surface area contributed by atoms with Crippen LogP contribution in [0, 0.1) is 0 Å². The van der Waals surface area contributed by atoms with Crippen LogP contribution in [0.25, 0.3) is 0 Å². The lowest BCUT2D eigenvalue weighted by atomic mass is 10.8. The summed E-state index contributed by atoms with van der Waals surface area (Å²) in [6.07, 6.45) is 0. The second-order valence-corrected chi connectivity index (χ2v) is 5.92. The van der Waals surface area contributed by atoms with E-state index in [1.54, 1.807) is 0 Å². The molecule has 0 aliphatic rings. The van der Waals surface area contributed by atoms with Crippen LogP contribution < -0.4 is 0 Å². The first-order valence-corrected chi connectivity index (χ1v) is 6.34. The highest BCUT2D eigenvalue weighted by molar-refractivity contribution is 7.94. The van der Waals surface area contributed by atoms with Crippen molar-refractivity contribution in [1.82, 2.24) is 4.31 Å². The number of rotatable bonds is 5. The van der Waals surface area contributed by atoms with Gasteiger partial charge in [-0.2, -0.15) is 12.7 Å². The number of hydrogen-bond acceptors (Lipinski definition) is 4. The smallest absolute Gasteiger partial charge is 0.273 e. The van der Waals surface area contributed by atoms with E-state index in [4.69, 9.17) is 4.55 Å². The van der Waals surface area contributed by atoms with Crippen LogP contribution in [-0.4, -0.2) is 45.0 Å². The van der Waals surface area contributed by atoms with Gasteiger partial charge in [-0.05, 0) is 0 Å². The monoisotopic (exact) mass is 229 g/mol. The summed E-state index contributed by atoms with van der Waals surface area (Å²) in [5.41, 5.74) is 0. The Kier molecular flexibility index (Phi) is 4.04. The van der Waals surface area contributed by atoms with Crippen LogP contribution >= 0.6 is 0 Å². The normalized spacial score (nSPS) is 13.2. The minimum Gasteiger partial charge on any atom is -0.273 e. The Hall–Kier alpha value is -0.440. The van der Waals surface area contributed by atoms with Crippen molar-refractivity contribution in [3.05, 3.63) is 12.0 Å². The molecule has 0 atom stereocenters. The first kappa shape index (κ1) is 12.6. The predicted octanol–water partition coefficient (Wildman–Crippen LogP) is -0.721. The van der Waals surface area contributed by atoms with Crippen LogP contribution in [0.1, 0.15) is 0 Å². The summed E-state index contributed by atoms with van der Waals surface area (Å²) in [5, 5.41) is 0.741. The summed E-state index contributed by atoms with van der Waals surface area (Å²) in [6.45, 7) is 2.76. The number of sulfone groups is 1. The maximum Gasteiger partial charge on any atom is 0.335 e. The van der Waals surface area contributed by atoms with Crippen molar-refractivity contribution in [2.75, 3.05) is 19.3 Å². The Morgan fingerprint density at radius 2 is 1.85 bits per heavy atom. The summed E-state index contributed by atoms with van der Waals surface area (Å²) >= 11 is 0. The fourth-order valence-corrected chi connectivity index (χ4v) is 1.59. The maximum absolute atomic E-state index is 10.8. The Morgan fingerprint density at radius 3 is 2.15 bits per heavy atom. The minimum absolute atomic E-state index is 0.298. The molecule has 0 aromatic carbocycles. The molecule has 0 aliphatic carbocycles. The third-order valence-corrected chi connectivity index (χ3v) is 3.57. The van der Waals surface area contributed by atoms with Crippen LogP contribution in [0.2, 0.25) is 0 Å². The molecule has 6 nitrogen and oxygen atoms in total. The van der Waals surface area contributed by atoms with E-state index in [-0.39, 0.29) is 6.54 Å². The van der Waals surface area contributed by atoms with Gasteiger partial charge in [-0.25, -0.2) is 8.42 Å². The molecule has 13 heavy (non-hydrogen) atoms. The summed E-state index contributed by atoms with van der Waals surface area (Å²) in [5.74, 6) is -0.396. The van der Waals surface area contributed by atoms with Crippen molar-refractivity contribution in [2.45, 2.75) is 0 Å². The highest BCUT2D eigenvalue weighted by Crippen LogP contribution is 1.96. The topological polar surface area (TPSA) is 91.8 Å². The molecule has 0 radical (unpaired) electrons. The molecule has 8 heteroatoms. The van der Waals surface area contributed by atoms with Crippen LogP contribution in [0.4, 0.5) is 0 Å². The van der Waals surface area contributed by atoms with Crippen LogP contribution in [0.5, 0.6) is 0 Å². The zero-order chi connectivity index (χ0) is 10.7. The summed E-state index contributed by atoms with van der Waals surface area (Å²) in [4.78, 5) is 0. The number of nitrogens with zero attached hydrogens (tertiary/aromatic N) is 1. The molecule has 0 unspecified atom stereocenters. The molecule has 0 spiro atoms. The Labute approximate surface area is 77.7 Å². The fourth-order valence-electron chi connectivity index (χ4n) is 0.454. The van der Waals surface area contributed by atoms with Crippen molar-refractivity contribution < 1.29 is 21.4 Å². The molecule has 0 heterocycles. The summed E-state index contributed by atoms with van der Waals surface area (Å²) in [7, 11) is -6.65. The van der Waals surface area contributed by atoms with Crippen LogP contribution in [0.15, 0.2) is 12.0 Å². The quantitative estimate of drug-likeness (QED) is 0.628. The van der Waals surface area contributed by atoms with Crippen molar-refractivity contribution in [1.29, 1.82) is 0 Å². The number of hydrogen-bond donors (Lipinski definition) is 1. The van der Waals surface area contributed by atoms with E-state index in [9.17, 15) is 16.8 Å². The lowest BCUT2D eigenvalue weighted by Crippen LogP contribution is -2.30. The lowest BCUT2D eigenvalue weighted by Gasteiger charge is -2.10. The molecule has 0 amide bonds. The molecule has 0 fully saturated rings. The van der Waals surface area contributed by atoms with Gasteiger partial charge in [-0.15, -0.1) is 0 Å². The molecule has 0 saturated heterocycles. The summed E-state index contributed by atoms with van der Waals surface area (Å²) in [6, 6.07) is 0. The van der Waals surface area contributed by atoms with Gasteiger partial charge in [0.05, 0.1) is 5.75 Å². The Balaban J connectivity index is 4.30. The first-order chi connectivity index (χ1) is 5.69. The molecule has 78 valence electrons.